The summed E-state index contributed by atoms with van der Waals surface area (Å²) in [6.45, 7) is 3.70. The fourth-order valence-corrected chi connectivity index (χ4v) is 5.37. The van der Waals surface area contributed by atoms with E-state index in [1.807, 2.05) is 36.7 Å². The van der Waals surface area contributed by atoms with Crippen LogP contribution < -0.4 is 10.0 Å². The van der Waals surface area contributed by atoms with E-state index in [0.717, 1.165) is 69.3 Å². The van der Waals surface area contributed by atoms with E-state index in [0.29, 0.717) is 16.8 Å². The molecule has 0 saturated carbocycles. The van der Waals surface area contributed by atoms with Gasteiger partial charge in [-0.15, -0.1) is 0 Å². The molecule has 0 bridgehead atoms. The first kappa shape index (κ1) is 26.8. The number of fused-ring (bicyclic) bond motifs is 2. The molecule has 0 spiro atoms. The van der Waals surface area contributed by atoms with Gasteiger partial charge in [-0.3, -0.25) is 10.1 Å². The molecule has 0 unspecified atom stereocenters. The number of aromatic amines is 2. The Morgan fingerprint density at radius 2 is 1.76 bits per heavy atom. The van der Waals surface area contributed by atoms with Gasteiger partial charge in [0.1, 0.15) is 17.2 Å². The van der Waals surface area contributed by atoms with Crippen LogP contribution in [0.2, 0.25) is 0 Å². The van der Waals surface area contributed by atoms with Crippen molar-refractivity contribution in [1.82, 2.24) is 35.2 Å². The number of nitrogens with zero attached hydrogens (tertiary/aromatic N) is 3. The Morgan fingerprint density at radius 1 is 0.902 bits per heavy atom. The summed E-state index contributed by atoms with van der Waals surface area (Å²) in [5.74, 6) is -0.455. The lowest BCUT2D eigenvalue weighted by Gasteiger charge is -2.08. The average molecular weight is 570 g/mol. The molecule has 0 radical (unpaired) electrons. The number of sulfonamides is 1. The number of benzene rings is 2. The minimum Gasteiger partial charge on any atom is -0.338 e. The minimum absolute atomic E-state index is 0.00859. The fourth-order valence-electron chi connectivity index (χ4n) is 4.94. The smallest absolute Gasteiger partial charge is 0.209 e. The average Bonchev–Trinajstić information content (AvgIpc) is 3.58. The Labute approximate surface area is 236 Å². The summed E-state index contributed by atoms with van der Waals surface area (Å²) in [6.07, 6.45) is 6.45. The van der Waals surface area contributed by atoms with Gasteiger partial charge in [-0.1, -0.05) is 13.0 Å². The van der Waals surface area contributed by atoms with Gasteiger partial charge in [0.25, 0.3) is 0 Å². The van der Waals surface area contributed by atoms with Gasteiger partial charge in [0, 0.05) is 48.0 Å². The molecule has 11 heteroatoms. The number of H-pyrrole nitrogens is 2. The number of aromatic nitrogens is 5. The predicted molar refractivity (Wildman–Crippen MR) is 159 cm³/mol. The molecule has 4 aromatic heterocycles. The van der Waals surface area contributed by atoms with E-state index in [4.69, 9.17) is 0 Å². The van der Waals surface area contributed by atoms with Crippen molar-refractivity contribution < 1.29 is 12.8 Å². The predicted octanol–water partition coefficient (Wildman–Crippen LogP) is 5.13. The molecule has 6 rings (SSSR count). The number of pyridine rings is 2. The lowest BCUT2D eigenvalue weighted by Crippen LogP contribution is -2.21. The third kappa shape index (κ3) is 5.73. The van der Waals surface area contributed by atoms with Gasteiger partial charge in [0.15, 0.2) is 0 Å². The molecule has 0 aliphatic carbocycles. The summed E-state index contributed by atoms with van der Waals surface area (Å²) in [7, 11) is -3.42. The maximum absolute atomic E-state index is 14.6. The van der Waals surface area contributed by atoms with Crippen molar-refractivity contribution in [2.45, 2.75) is 20.0 Å². The van der Waals surface area contributed by atoms with Crippen LogP contribution in [0, 0.1) is 5.82 Å². The summed E-state index contributed by atoms with van der Waals surface area (Å²) in [4.78, 5) is 12.3. The van der Waals surface area contributed by atoms with Gasteiger partial charge in [0.2, 0.25) is 10.0 Å². The molecule has 0 atom stereocenters. The Balaban J connectivity index is 1.39. The first-order valence-corrected chi connectivity index (χ1v) is 15.0. The summed E-state index contributed by atoms with van der Waals surface area (Å²) in [6, 6.07) is 16.6. The molecular formula is C30H28FN7O2S. The molecule has 0 aliphatic heterocycles. The van der Waals surface area contributed by atoms with Gasteiger partial charge < -0.3 is 10.3 Å². The highest BCUT2D eigenvalue weighted by Gasteiger charge is 2.16. The summed E-state index contributed by atoms with van der Waals surface area (Å²) in [5, 5.41) is 12.8. The molecule has 4 heterocycles. The zero-order valence-electron chi connectivity index (χ0n) is 22.5. The van der Waals surface area contributed by atoms with Gasteiger partial charge in [-0.25, -0.2) is 22.5 Å². The van der Waals surface area contributed by atoms with E-state index < -0.39 is 15.8 Å². The summed E-state index contributed by atoms with van der Waals surface area (Å²) in [5.41, 5.74) is 8.07. The van der Waals surface area contributed by atoms with E-state index in [2.05, 4.69) is 54.2 Å². The van der Waals surface area contributed by atoms with Crippen molar-refractivity contribution >= 4 is 32.0 Å². The molecule has 0 saturated heterocycles. The molecule has 0 fully saturated rings. The zero-order chi connectivity index (χ0) is 28.6. The Kier molecular flexibility index (Phi) is 7.08. The summed E-state index contributed by atoms with van der Waals surface area (Å²) < 4.78 is 40.1. The van der Waals surface area contributed by atoms with Gasteiger partial charge in [-0.2, -0.15) is 5.10 Å². The van der Waals surface area contributed by atoms with Crippen LogP contribution in [0.25, 0.3) is 55.6 Å². The fraction of sp³-hybridized carbons (Fsp3) is 0.167. The van der Waals surface area contributed by atoms with E-state index in [9.17, 15) is 12.8 Å². The minimum atomic E-state index is -3.42. The second-order valence-corrected chi connectivity index (χ2v) is 11.8. The molecule has 41 heavy (non-hydrogen) atoms. The number of hydrogen-bond donors (Lipinski definition) is 4. The van der Waals surface area contributed by atoms with Crippen LogP contribution in [-0.2, 0) is 23.1 Å². The van der Waals surface area contributed by atoms with Crippen LogP contribution in [0.1, 0.15) is 18.1 Å². The van der Waals surface area contributed by atoms with Crippen LogP contribution in [0.4, 0.5) is 4.39 Å². The maximum atomic E-state index is 14.6. The van der Waals surface area contributed by atoms with Crippen molar-refractivity contribution in [1.29, 1.82) is 0 Å². The zero-order valence-corrected chi connectivity index (χ0v) is 23.3. The van der Waals surface area contributed by atoms with Crippen molar-refractivity contribution in [3.05, 3.63) is 90.1 Å². The highest BCUT2D eigenvalue weighted by molar-refractivity contribution is 7.88. The normalized spacial score (nSPS) is 12.0. The van der Waals surface area contributed by atoms with Crippen LogP contribution in [0.15, 0.2) is 73.2 Å². The number of rotatable bonds is 9. The van der Waals surface area contributed by atoms with Crippen molar-refractivity contribution in [3.63, 3.8) is 0 Å². The number of nitrogens with one attached hydrogen (secondary N) is 4. The second-order valence-electron chi connectivity index (χ2n) is 9.94. The Hall–Kier alpha value is -4.45. The van der Waals surface area contributed by atoms with E-state index in [-0.39, 0.29) is 6.54 Å². The van der Waals surface area contributed by atoms with Crippen LogP contribution in [-0.4, -0.2) is 46.4 Å². The topological polar surface area (TPSA) is 128 Å². The highest BCUT2D eigenvalue weighted by Crippen LogP contribution is 2.35. The van der Waals surface area contributed by atoms with E-state index >= 15 is 0 Å². The van der Waals surface area contributed by atoms with Gasteiger partial charge >= 0.3 is 0 Å². The third-order valence-corrected chi connectivity index (χ3v) is 7.53. The quantitative estimate of drug-likeness (QED) is 0.191. The first-order chi connectivity index (χ1) is 19.8. The monoisotopic (exact) mass is 569 g/mol. The molecule has 4 N–H and O–H groups in total. The largest absolute Gasteiger partial charge is 0.338 e. The first-order valence-electron chi connectivity index (χ1n) is 13.1. The molecular weight excluding hydrogens is 541 g/mol. The lowest BCUT2D eigenvalue weighted by atomic mass is 10.0. The highest BCUT2D eigenvalue weighted by atomic mass is 32.2. The molecule has 6 aromatic rings. The molecule has 2 aromatic carbocycles. The number of halogens is 1. The molecule has 9 nitrogen and oxygen atoms in total. The number of hydrogen-bond acceptors (Lipinski definition) is 6. The standard InChI is InChI=1S/C30H28FN7O2S/c1-3-32-14-19-9-22(17-33-15-19)20-4-5-27-26(12-20)29(38-37-27)28-13-25-24(6-7-34-30(25)36-28)21-8-18(10-23(31)11-21)16-35-41(2,39)40/h4-13,15,17,32,35H,3,14,16H2,1-2H3,(H,34,36)(H,37,38). The van der Waals surface area contributed by atoms with Crippen molar-refractivity contribution in [2.75, 3.05) is 12.8 Å². The van der Waals surface area contributed by atoms with E-state index in [1.165, 1.54) is 12.1 Å². The van der Waals surface area contributed by atoms with Crippen molar-refractivity contribution in [2.24, 2.45) is 0 Å². The SMILES string of the molecule is CCNCc1cncc(-c2ccc3[nH]nc(-c4cc5c(-c6cc(F)cc(CNS(C)(=O)=O)c6)ccnc5[nH]4)c3c2)c1. The van der Waals surface area contributed by atoms with Crippen LogP contribution in [0.5, 0.6) is 0 Å². The summed E-state index contributed by atoms with van der Waals surface area (Å²) >= 11 is 0. The molecule has 0 aliphatic rings. The maximum Gasteiger partial charge on any atom is 0.209 e. The third-order valence-electron chi connectivity index (χ3n) is 6.86. The molecule has 0 amide bonds. The Bertz CT molecular complexity index is 2000. The van der Waals surface area contributed by atoms with Gasteiger partial charge in [0.05, 0.1) is 17.5 Å². The Morgan fingerprint density at radius 3 is 2.59 bits per heavy atom. The van der Waals surface area contributed by atoms with E-state index in [1.54, 1.807) is 12.3 Å². The second kappa shape index (κ2) is 10.8. The van der Waals surface area contributed by atoms with Crippen molar-refractivity contribution in [3.8, 4) is 33.6 Å². The van der Waals surface area contributed by atoms with Crippen LogP contribution in [0.3, 0.4) is 0 Å². The van der Waals surface area contributed by atoms with Gasteiger partial charge in [-0.05, 0) is 82.9 Å². The lowest BCUT2D eigenvalue weighted by molar-refractivity contribution is 0.586. The van der Waals surface area contributed by atoms with Crippen LogP contribution >= 0.6 is 0 Å². The molecule has 208 valence electrons.